The first-order chi connectivity index (χ1) is 6.59. The van der Waals surface area contributed by atoms with Crippen molar-refractivity contribution in [2.75, 3.05) is 0 Å². The highest BCUT2D eigenvalue weighted by Crippen LogP contribution is 2.12. The van der Waals surface area contributed by atoms with Gasteiger partial charge in [0.2, 0.25) is 0 Å². The average Bonchev–Trinajstić information content (AvgIpc) is 2.42. The molecule has 0 saturated heterocycles. The predicted molar refractivity (Wildman–Crippen MR) is 55.7 cm³/mol. The first-order valence-electron chi connectivity index (χ1n) is 4.39. The lowest BCUT2D eigenvalue weighted by molar-refractivity contribution is 1.03. The lowest BCUT2D eigenvalue weighted by Gasteiger charge is -2.01. The Kier molecular flexibility index (Phi) is 1.77. The van der Waals surface area contributed by atoms with Crippen LogP contribution in [0.15, 0.2) is 18.3 Å². The molecule has 2 heterocycles. The number of nitrogens with zero attached hydrogens (tertiary/aromatic N) is 2. The summed E-state index contributed by atoms with van der Waals surface area (Å²) in [5, 5.41) is 7.33. The van der Waals surface area contributed by atoms with Crippen molar-refractivity contribution in [2.24, 2.45) is 5.73 Å². The summed E-state index contributed by atoms with van der Waals surface area (Å²) in [5.74, 6) is 0.998. The van der Waals surface area contributed by atoms with Crippen molar-refractivity contribution in [1.82, 2.24) is 9.38 Å². The zero-order valence-electron chi connectivity index (χ0n) is 8.20. The Morgan fingerprint density at radius 1 is 1.43 bits per heavy atom. The molecule has 0 aliphatic carbocycles. The molecule has 72 valence electrons. The van der Waals surface area contributed by atoms with Crippen LogP contribution < -0.4 is 5.73 Å². The van der Waals surface area contributed by atoms with E-state index in [9.17, 15) is 0 Å². The molecule has 0 aliphatic heterocycles. The molecule has 2 rings (SSSR count). The minimum atomic E-state index is 0.0812. The molecule has 0 aliphatic rings. The number of amidine groups is 1. The molecule has 0 fully saturated rings. The molecule has 0 amide bonds. The van der Waals surface area contributed by atoms with Crippen molar-refractivity contribution < 1.29 is 0 Å². The van der Waals surface area contributed by atoms with E-state index in [0.29, 0.717) is 0 Å². The van der Waals surface area contributed by atoms with Gasteiger partial charge >= 0.3 is 0 Å². The Balaban J connectivity index is 2.77. The van der Waals surface area contributed by atoms with Crippen LogP contribution >= 0.6 is 0 Å². The van der Waals surface area contributed by atoms with Crippen LogP contribution in [0.5, 0.6) is 0 Å². The SMILES string of the molecule is Cc1nc(C)n2cc(C(=N)N)ccc12. The van der Waals surface area contributed by atoms with Crippen molar-refractivity contribution in [3.63, 3.8) is 0 Å². The van der Waals surface area contributed by atoms with Crippen LogP contribution in [0.25, 0.3) is 5.52 Å². The molecule has 0 aromatic carbocycles. The van der Waals surface area contributed by atoms with E-state index >= 15 is 0 Å². The number of pyridine rings is 1. The molecule has 14 heavy (non-hydrogen) atoms. The highest BCUT2D eigenvalue weighted by Gasteiger charge is 2.05. The van der Waals surface area contributed by atoms with Gasteiger partial charge in [-0.05, 0) is 26.0 Å². The van der Waals surface area contributed by atoms with Crippen molar-refractivity contribution in [1.29, 1.82) is 5.41 Å². The molecular formula is C10H12N4. The summed E-state index contributed by atoms with van der Waals surface area (Å²) in [4.78, 5) is 4.34. The number of aryl methyl sites for hydroxylation is 2. The third kappa shape index (κ3) is 1.16. The molecule has 0 unspecified atom stereocenters. The summed E-state index contributed by atoms with van der Waals surface area (Å²) >= 11 is 0. The lowest BCUT2D eigenvalue weighted by Crippen LogP contribution is -2.11. The minimum Gasteiger partial charge on any atom is -0.384 e. The number of rotatable bonds is 1. The van der Waals surface area contributed by atoms with Crippen molar-refractivity contribution in [3.05, 3.63) is 35.4 Å². The van der Waals surface area contributed by atoms with Crippen molar-refractivity contribution in [3.8, 4) is 0 Å². The van der Waals surface area contributed by atoms with E-state index < -0.39 is 0 Å². The van der Waals surface area contributed by atoms with Gasteiger partial charge in [-0.3, -0.25) is 5.41 Å². The quantitative estimate of drug-likeness (QED) is 0.522. The molecule has 0 saturated carbocycles. The summed E-state index contributed by atoms with van der Waals surface area (Å²) in [6.07, 6.45) is 1.84. The normalized spacial score (nSPS) is 10.7. The van der Waals surface area contributed by atoms with E-state index in [4.69, 9.17) is 11.1 Å². The summed E-state index contributed by atoms with van der Waals surface area (Å²) in [7, 11) is 0. The second-order valence-electron chi connectivity index (χ2n) is 3.33. The van der Waals surface area contributed by atoms with Gasteiger partial charge in [-0.25, -0.2) is 4.98 Å². The topological polar surface area (TPSA) is 67.2 Å². The molecular weight excluding hydrogens is 176 g/mol. The number of nitrogens with one attached hydrogen (secondary N) is 1. The Labute approximate surface area is 81.9 Å². The smallest absolute Gasteiger partial charge is 0.124 e. The predicted octanol–water partition coefficient (Wildman–Crippen LogP) is 1.24. The molecule has 0 spiro atoms. The number of nitrogen functional groups attached to an aromatic ring is 1. The number of nitrogens with two attached hydrogens (primary N) is 1. The first-order valence-corrected chi connectivity index (χ1v) is 4.39. The van der Waals surface area contributed by atoms with Gasteiger partial charge in [-0.2, -0.15) is 0 Å². The summed E-state index contributed by atoms with van der Waals surface area (Å²) < 4.78 is 1.95. The second kappa shape index (κ2) is 2.83. The second-order valence-corrected chi connectivity index (χ2v) is 3.33. The summed E-state index contributed by atoms with van der Waals surface area (Å²) in [6.45, 7) is 3.90. The van der Waals surface area contributed by atoms with Gasteiger partial charge in [0.05, 0.1) is 11.2 Å². The molecule has 0 radical (unpaired) electrons. The molecule has 4 nitrogen and oxygen atoms in total. The highest BCUT2D eigenvalue weighted by atomic mass is 15.0. The maximum absolute atomic E-state index is 7.33. The zero-order valence-corrected chi connectivity index (χ0v) is 8.20. The van der Waals surface area contributed by atoms with E-state index in [-0.39, 0.29) is 5.84 Å². The number of fused-ring (bicyclic) bond motifs is 1. The lowest BCUT2D eigenvalue weighted by atomic mass is 10.2. The first kappa shape index (κ1) is 8.74. The molecule has 2 aromatic rings. The van der Waals surface area contributed by atoms with E-state index in [1.165, 1.54) is 0 Å². The van der Waals surface area contributed by atoms with Gasteiger partial charge < -0.3 is 10.1 Å². The van der Waals surface area contributed by atoms with Crippen LogP contribution in [0.2, 0.25) is 0 Å². The molecule has 0 bridgehead atoms. The Morgan fingerprint density at radius 2 is 2.14 bits per heavy atom. The van der Waals surface area contributed by atoms with E-state index in [1.54, 1.807) is 0 Å². The van der Waals surface area contributed by atoms with Crippen LogP contribution in [0.3, 0.4) is 0 Å². The number of aromatic nitrogens is 2. The monoisotopic (exact) mass is 188 g/mol. The maximum atomic E-state index is 7.33. The van der Waals surface area contributed by atoms with Crippen molar-refractivity contribution in [2.45, 2.75) is 13.8 Å². The fraction of sp³-hybridized carbons (Fsp3) is 0.200. The highest BCUT2D eigenvalue weighted by molar-refractivity contribution is 5.95. The van der Waals surface area contributed by atoms with Crippen LogP contribution in [-0.4, -0.2) is 15.2 Å². The van der Waals surface area contributed by atoms with Crippen LogP contribution in [0, 0.1) is 19.3 Å². The molecule has 2 aromatic heterocycles. The summed E-state index contributed by atoms with van der Waals surface area (Å²) in [5.41, 5.74) is 8.19. The number of imidazole rings is 1. The third-order valence-electron chi connectivity index (χ3n) is 2.31. The Bertz CT molecular complexity index is 510. The third-order valence-corrected chi connectivity index (χ3v) is 2.31. The Morgan fingerprint density at radius 3 is 2.79 bits per heavy atom. The maximum Gasteiger partial charge on any atom is 0.124 e. The Hall–Kier alpha value is -1.84. The standard InChI is InChI=1S/C10H12N4/c1-6-9-4-3-8(10(11)12)5-14(9)7(2)13-6/h3-5H,1-2H3,(H3,11,12). The van der Waals surface area contributed by atoms with Gasteiger partial charge in [0, 0.05) is 11.8 Å². The minimum absolute atomic E-state index is 0.0812. The fourth-order valence-corrected chi connectivity index (χ4v) is 1.58. The van der Waals surface area contributed by atoms with Crippen LogP contribution in [0.4, 0.5) is 0 Å². The van der Waals surface area contributed by atoms with Crippen LogP contribution in [-0.2, 0) is 0 Å². The summed E-state index contributed by atoms with van der Waals surface area (Å²) in [6, 6.07) is 3.78. The largest absolute Gasteiger partial charge is 0.384 e. The van der Waals surface area contributed by atoms with Gasteiger partial charge in [-0.1, -0.05) is 0 Å². The average molecular weight is 188 g/mol. The molecule has 3 N–H and O–H groups in total. The van der Waals surface area contributed by atoms with Gasteiger partial charge in [0.1, 0.15) is 11.7 Å². The van der Waals surface area contributed by atoms with Gasteiger partial charge in [0.25, 0.3) is 0 Å². The molecule has 0 atom stereocenters. The van der Waals surface area contributed by atoms with E-state index in [2.05, 4.69) is 4.98 Å². The number of hydrogen-bond donors (Lipinski definition) is 2. The fourth-order valence-electron chi connectivity index (χ4n) is 1.58. The molecule has 4 heteroatoms. The van der Waals surface area contributed by atoms with Gasteiger partial charge in [-0.15, -0.1) is 0 Å². The zero-order chi connectivity index (χ0) is 10.3. The van der Waals surface area contributed by atoms with Gasteiger partial charge in [0.15, 0.2) is 0 Å². The van der Waals surface area contributed by atoms with Crippen molar-refractivity contribution >= 4 is 11.4 Å². The van der Waals surface area contributed by atoms with Crippen LogP contribution in [0.1, 0.15) is 17.1 Å². The van der Waals surface area contributed by atoms with E-state index in [0.717, 1.165) is 22.6 Å². The van der Waals surface area contributed by atoms with E-state index in [1.807, 2.05) is 36.6 Å². The number of hydrogen-bond acceptors (Lipinski definition) is 2.